The summed E-state index contributed by atoms with van der Waals surface area (Å²) in [7, 11) is 0. The average Bonchev–Trinajstić information content (AvgIpc) is 3.53. The van der Waals surface area contributed by atoms with E-state index in [2.05, 4.69) is 52.8 Å². The minimum Gasteiger partial charge on any atom is -0.508 e. The summed E-state index contributed by atoms with van der Waals surface area (Å²) < 4.78 is 0. The number of guanidine groups is 1. The van der Waals surface area contributed by atoms with Crippen molar-refractivity contribution in [1.29, 1.82) is 0 Å². The summed E-state index contributed by atoms with van der Waals surface area (Å²) in [6.45, 7) is 5.32. The average molecular weight is 1150 g/mol. The van der Waals surface area contributed by atoms with Crippen molar-refractivity contribution in [3.05, 3.63) is 95.6 Å². The Bertz CT molecular complexity index is 2640. The number of carbonyl (C=O) groups excluding carboxylic acids is 9. The molecule has 20 N–H and O–H groups in total. The van der Waals surface area contributed by atoms with Crippen molar-refractivity contribution in [2.45, 2.75) is 134 Å². The molecule has 0 unspecified atom stereocenters. The van der Waals surface area contributed by atoms with Crippen LogP contribution in [0.2, 0.25) is 0 Å². The Morgan fingerprint density at radius 2 is 0.902 bits per heavy atom. The zero-order chi connectivity index (χ0) is 60.9. The van der Waals surface area contributed by atoms with E-state index in [1.54, 1.807) is 42.5 Å². The number of aliphatic imine (C=N–C) groups is 1. The lowest BCUT2D eigenvalue weighted by atomic mass is 10.0. The predicted octanol–water partition coefficient (Wildman–Crippen LogP) is -2.57. The van der Waals surface area contributed by atoms with Gasteiger partial charge in [0, 0.05) is 25.8 Å². The molecule has 3 aromatic rings. The highest BCUT2D eigenvalue weighted by Crippen LogP contribution is 2.15. The molecule has 0 heterocycles. The van der Waals surface area contributed by atoms with Crippen LogP contribution in [0.15, 0.2) is 83.9 Å². The van der Waals surface area contributed by atoms with Gasteiger partial charge in [0.1, 0.15) is 53.8 Å². The number of unbranched alkanes of at least 4 members (excludes halogenated alkanes) is 1. The number of aromatic hydroxyl groups is 2. The maximum atomic E-state index is 14.2. The summed E-state index contributed by atoms with van der Waals surface area (Å²) in [5.41, 5.74) is 24.3. The van der Waals surface area contributed by atoms with Crippen LogP contribution in [0.3, 0.4) is 0 Å². The van der Waals surface area contributed by atoms with Gasteiger partial charge in [-0.1, -0.05) is 68.4 Å². The first kappa shape index (κ1) is 67.4. The van der Waals surface area contributed by atoms with Gasteiger partial charge in [0.2, 0.25) is 53.2 Å². The molecule has 0 aromatic heterocycles. The van der Waals surface area contributed by atoms with Crippen molar-refractivity contribution in [3.63, 3.8) is 0 Å². The quantitative estimate of drug-likeness (QED) is 0.0164. The molecule has 82 heavy (non-hydrogen) atoms. The Labute approximate surface area is 475 Å². The molecule has 0 spiro atoms. The van der Waals surface area contributed by atoms with Gasteiger partial charge < -0.3 is 86.1 Å². The highest BCUT2D eigenvalue weighted by atomic mass is 16.4. The fourth-order valence-corrected chi connectivity index (χ4v) is 8.04. The number of hydrogen-bond acceptors (Lipinski definition) is 15. The number of carboxylic acid groups (broad SMARTS) is 1. The van der Waals surface area contributed by atoms with Crippen LogP contribution in [0.25, 0.3) is 0 Å². The zero-order valence-electron chi connectivity index (χ0n) is 46.6. The molecule has 0 saturated carbocycles. The molecule has 9 amide bonds. The van der Waals surface area contributed by atoms with Crippen molar-refractivity contribution >= 4 is 65.1 Å². The minimum atomic E-state index is -1.40. The molecule has 0 aliphatic carbocycles. The molecule has 448 valence electrons. The van der Waals surface area contributed by atoms with E-state index in [9.17, 15) is 63.3 Å². The lowest BCUT2D eigenvalue weighted by Gasteiger charge is -2.25. The van der Waals surface area contributed by atoms with E-state index in [0.29, 0.717) is 42.5 Å². The van der Waals surface area contributed by atoms with Crippen molar-refractivity contribution in [2.75, 3.05) is 26.2 Å². The van der Waals surface area contributed by atoms with Gasteiger partial charge in [-0.2, -0.15) is 0 Å². The van der Waals surface area contributed by atoms with Gasteiger partial charge in [-0.3, -0.25) is 52.9 Å². The number of nitrogens with zero attached hydrogens (tertiary/aromatic N) is 1. The molecule has 8 atom stereocenters. The van der Waals surface area contributed by atoms with Crippen LogP contribution in [0.1, 0.15) is 82.9 Å². The third kappa shape index (κ3) is 25.5. The summed E-state index contributed by atoms with van der Waals surface area (Å²) in [5.74, 6) is -8.74. The molecular weight excluding hydrogens is 1060 g/mol. The first-order chi connectivity index (χ1) is 38.8. The van der Waals surface area contributed by atoms with Gasteiger partial charge in [-0.05, 0) is 106 Å². The van der Waals surface area contributed by atoms with Crippen LogP contribution < -0.4 is 70.8 Å². The second-order valence-electron chi connectivity index (χ2n) is 20.1. The molecule has 0 radical (unpaired) electrons. The molecule has 27 nitrogen and oxygen atoms in total. The molecule has 0 fully saturated rings. The number of phenolic OH excluding ortho intramolecular Hbond substituents is 2. The van der Waals surface area contributed by atoms with E-state index in [0.717, 1.165) is 0 Å². The first-order valence-electron chi connectivity index (χ1n) is 26.8. The van der Waals surface area contributed by atoms with Crippen LogP contribution in [-0.2, 0) is 67.2 Å². The Balaban J connectivity index is 1.78. The summed E-state index contributed by atoms with van der Waals surface area (Å²) in [6, 6.07) is 10.1. The van der Waals surface area contributed by atoms with Crippen LogP contribution in [0, 0.1) is 5.92 Å². The third-order valence-corrected chi connectivity index (χ3v) is 12.5. The number of rotatable bonds is 35. The van der Waals surface area contributed by atoms with Crippen LogP contribution in [-0.4, -0.2) is 155 Å². The number of nitrogens with one attached hydrogen (secondary N) is 9. The fourth-order valence-electron chi connectivity index (χ4n) is 8.04. The van der Waals surface area contributed by atoms with Gasteiger partial charge in [-0.15, -0.1) is 0 Å². The number of amides is 9. The summed E-state index contributed by atoms with van der Waals surface area (Å²) >= 11 is 0. The Hall–Kier alpha value is -8.85. The number of benzene rings is 3. The highest BCUT2D eigenvalue weighted by molar-refractivity contribution is 5.97. The lowest BCUT2D eigenvalue weighted by molar-refractivity contribution is -0.141. The van der Waals surface area contributed by atoms with Crippen LogP contribution in [0.5, 0.6) is 11.5 Å². The van der Waals surface area contributed by atoms with Crippen LogP contribution in [0.4, 0.5) is 0 Å². The van der Waals surface area contributed by atoms with Crippen molar-refractivity contribution in [3.8, 4) is 11.5 Å². The second kappa shape index (κ2) is 35.0. The normalized spacial score (nSPS) is 13.8. The molecule has 27 heteroatoms. The summed E-state index contributed by atoms with van der Waals surface area (Å²) in [6.07, 6.45) is 1.15. The van der Waals surface area contributed by atoms with Gasteiger partial charge in [0.05, 0.1) is 19.1 Å². The minimum absolute atomic E-state index is 0.0259. The maximum absolute atomic E-state index is 14.2. The molecule has 0 aliphatic heterocycles. The van der Waals surface area contributed by atoms with Gasteiger partial charge >= 0.3 is 5.97 Å². The maximum Gasteiger partial charge on any atom is 0.325 e. The van der Waals surface area contributed by atoms with Crippen molar-refractivity contribution in [2.24, 2.45) is 33.8 Å². The van der Waals surface area contributed by atoms with Gasteiger partial charge in [-0.25, -0.2) is 0 Å². The largest absolute Gasteiger partial charge is 0.508 e. The van der Waals surface area contributed by atoms with E-state index in [-0.39, 0.29) is 68.4 Å². The van der Waals surface area contributed by atoms with E-state index in [1.807, 2.05) is 13.8 Å². The monoisotopic (exact) mass is 1140 g/mol. The molecule has 0 aliphatic rings. The standard InChI is InChI=1S/C55H80N14O13/c1-31(2)25-39(57)48(75)68-44(28-36-17-21-38(71)22-18-36)53(80)67-41(14-10-24-60-55(58)59)51(78)63-32(3)47(74)61-29-46(73)66-43(26-34-11-6-5-7-12-34)52(79)69-42(27-35-15-19-37(70)20-16-35)49(76)62-30-45(72)65-40(13-8-9-23-56)50(77)64-33(4)54(81)82/h5-7,11-12,15-22,31-33,39-44,70-71H,8-10,13-14,23-30,56-57H2,1-4H3,(H,61,74)(H,62,76)(H,63,78)(H,64,77)(H,65,72)(H,66,73)(H,67,80)(H,68,75)(H,69,79)(H,81,82)(H4,58,59,60)/t32-,33-,39-,40-,41-,42-,43-,44-/m0/s1. The number of aliphatic carboxylic acids is 1. The molecule has 3 aromatic carbocycles. The number of nitrogens with two attached hydrogens (primary N) is 4. The fraction of sp³-hybridized carbons (Fsp3) is 0.473. The lowest BCUT2D eigenvalue weighted by Crippen LogP contribution is -2.58. The van der Waals surface area contributed by atoms with Gasteiger partial charge in [0.15, 0.2) is 5.96 Å². The van der Waals surface area contributed by atoms with Gasteiger partial charge in [0.25, 0.3) is 0 Å². The molecule has 0 bridgehead atoms. The number of carbonyl (C=O) groups is 10. The molecule has 3 rings (SSSR count). The summed E-state index contributed by atoms with van der Waals surface area (Å²) in [4.78, 5) is 138. The topological polar surface area (TPSA) is 456 Å². The SMILES string of the molecule is CC(C)C[C@H](N)C(=O)N[C@@H](Cc1ccc(O)cc1)C(=O)N[C@@H](CCCN=C(N)N)C(=O)N[C@@H](C)C(=O)NCC(=O)N[C@@H](Cc1ccccc1)C(=O)N[C@@H](Cc1ccc(O)cc1)C(=O)NCC(=O)N[C@@H](CCCCN)C(=O)N[C@@H](C)C(=O)O. The number of hydrogen-bond donors (Lipinski definition) is 16. The third-order valence-electron chi connectivity index (χ3n) is 12.5. The Morgan fingerprint density at radius 1 is 0.488 bits per heavy atom. The zero-order valence-corrected chi connectivity index (χ0v) is 46.6. The Kier molecular flexibility index (Phi) is 28.8. The first-order valence-corrected chi connectivity index (χ1v) is 26.8. The Morgan fingerprint density at radius 3 is 1.40 bits per heavy atom. The molecule has 0 saturated heterocycles. The molecular formula is C55H80N14O13. The second-order valence-corrected chi connectivity index (χ2v) is 20.1. The van der Waals surface area contributed by atoms with E-state index in [4.69, 9.17) is 22.9 Å². The van der Waals surface area contributed by atoms with Crippen molar-refractivity contribution < 1.29 is 63.3 Å². The van der Waals surface area contributed by atoms with E-state index in [1.165, 1.54) is 50.2 Å². The summed E-state index contributed by atoms with van der Waals surface area (Å²) in [5, 5.41) is 51.8. The number of phenols is 2. The van der Waals surface area contributed by atoms with E-state index >= 15 is 0 Å². The predicted molar refractivity (Wildman–Crippen MR) is 303 cm³/mol. The smallest absolute Gasteiger partial charge is 0.325 e. The highest BCUT2D eigenvalue weighted by Gasteiger charge is 2.32. The van der Waals surface area contributed by atoms with Crippen LogP contribution >= 0.6 is 0 Å². The van der Waals surface area contributed by atoms with E-state index < -0.39 is 121 Å². The number of carboxylic acids is 1. The van der Waals surface area contributed by atoms with Crippen molar-refractivity contribution in [1.82, 2.24) is 47.9 Å².